The largest absolute Gasteiger partial charge is 0.298 e. The van der Waals surface area contributed by atoms with Crippen molar-refractivity contribution in [1.29, 1.82) is 0 Å². The lowest BCUT2D eigenvalue weighted by Gasteiger charge is -2.11. The van der Waals surface area contributed by atoms with Gasteiger partial charge in [0.2, 0.25) is 0 Å². The summed E-state index contributed by atoms with van der Waals surface area (Å²) in [5.41, 5.74) is 6.40. The van der Waals surface area contributed by atoms with Crippen molar-refractivity contribution in [3.05, 3.63) is 102 Å². The fourth-order valence-electron chi connectivity index (χ4n) is 3.67. The van der Waals surface area contributed by atoms with Crippen LogP contribution in [0.2, 0.25) is 0 Å². The van der Waals surface area contributed by atoms with Gasteiger partial charge in [0.05, 0.1) is 5.75 Å². The Hall–Kier alpha value is -3.91. The average molecular weight is 472 g/mol. The average Bonchev–Trinajstić information content (AvgIpc) is 3.39. The first kappa shape index (κ1) is 23.3. The van der Waals surface area contributed by atoms with Crippen molar-refractivity contribution in [2.75, 3.05) is 11.2 Å². The molecule has 1 N–H and O–H groups in total. The molecule has 0 aliphatic carbocycles. The number of Topliss-reactive ketones (excluding diaryl/α,β-unsaturated/α-hetero) is 1. The molecule has 2 aromatic heterocycles. The van der Waals surface area contributed by atoms with Crippen LogP contribution in [0.5, 0.6) is 0 Å². The summed E-state index contributed by atoms with van der Waals surface area (Å²) < 4.78 is 3.60. The van der Waals surface area contributed by atoms with E-state index in [1.165, 1.54) is 11.8 Å². The van der Waals surface area contributed by atoms with Crippen LogP contribution in [0, 0.1) is 13.8 Å². The molecule has 7 nitrogen and oxygen atoms in total. The van der Waals surface area contributed by atoms with Gasteiger partial charge in [-0.2, -0.15) is 0 Å². The molecule has 0 aliphatic heterocycles. The zero-order chi connectivity index (χ0) is 24.1. The Morgan fingerprint density at radius 3 is 2.38 bits per heavy atom. The number of thioether (sulfide) groups is 1. The minimum atomic E-state index is -0.234. The Bertz CT molecular complexity index is 1330. The van der Waals surface area contributed by atoms with Crippen LogP contribution in [0.3, 0.4) is 0 Å². The predicted molar refractivity (Wildman–Crippen MR) is 135 cm³/mol. The molecule has 0 unspecified atom stereocenters. The summed E-state index contributed by atoms with van der Waals surface area (Å²) in [6.45, 7) is 8.05. The Kier molecular flexibility index (Phi) is 7.08. The highest BCUT2D eigenvalue weighted by molar-refractivity contribution is 7.99. The van der Waals surface area contributed by atoms with E-state index in [4.69, 9.17) is 0 Å². The minimum absolute atomic E-state index is 0.0484. The zero-order valence-corrected chi connectivity index (χ0v) is 19.9. The van der Waals surface area contributed by atoms with Gasteiger partial charge in [0, 0.05) is 34.6 Å². The standard InChI is InChI=1S/C26H25N5O2S/c1-4-15-30-24(20-11-7-5-8-12-20)27-28-26(30)34-17-23(32)22-16-18(2)31(19(22)3)29-25(33)21-13-9-6-10-14-21/h4-14,16H,1,15,17H2,2-3H3,(H,29,33). The lowest BCUT2D eigenvalue weighted by atomic mass is 10.2. The number of allylic oxidation sites excluding steroid dienone is 1. The van der Waals surface area contributed by atoms with E-state index >= 15 is 0 Å². The van der Waals surface area contributed by atoms with Gasteiger partial charge in [0.1, 0.15) is 0 Å². The molecule has 34 heavy (non-hydrogen) atoms. The van der Waals surface area contributed by atoms with Crippen LogP contribution in [0.25, 0.3) is 11.4 Å². The van der Waals surface area contributed by atoms with E-state index < -0.39 is 0 Å². The fraction of sp³-hybridized carbons (Fsp3) is 0.154. The van der Waals surface area contributed by atoms with E-state index in [2.05, 4.69) is 22.2 Å². The van der Waals surface area contributed by atoms with Gasteiger partial charge in [0.25, 0.3) is 5.91 Å². The highest BCUT2D eigenvalue weighted by Gasteiger charge is 2.20. The Morgan fingerprint density at radius 2 is 1.71 bits per heavy atom. The quantitative estimate of drug-likeness (QED) is 0.213. The van der Waals surface area contributed by atoms with Crippen LogP contribution in [0.15, 0.2) is 84.5 Å². The topological polar surface area (TPSA) is 81.8 Å². The van der Waals surface area contributed by atoms with E-state index in [-0.39, 0.29) is 17.4 Å². The maximum atomic E-state index is 13.1. The highest BCUT2D eigenvalue weighted by atomic mass is 32.2. The summed E-state index contributed by atoms with van der Waals surface area (Å²) in [5, 5.41) is 9.29. The molecule has 0 spiro atoms. The van der Waals surface area contributed by atoms with Crippen molar-refractivity contribution < 1.29 is 9.59 Å². The number of amides is 1. The van der Waals surface area contributed by atoms with Gasteiger partial charge in [-0.05, 0) is 32.0 Å². The molecular formula is C26H25N5O2S. The van der Waals surface area contributed by atoms with Gasteiger partial charge in [-0.25, -0.2) is 0 Å². The van der Waals surface area contributed by atoms with Crippen molar-refractivity contribution in [1.82, 2.24) is 19.4 Å². The normalized spacial score (nSPS) is 10.8. The summed E-state index contributed by atoms with van der Waals surface area (Å²) >= 11 is 1.34. The molecule has 4 aromatic rings. The number of nitrogens with one attached hydrogen (secondary N) is 1. The Morgan fingerprint density at radius 1 is 1.03 bits per heavy atom. The molecule has 172 valence electrons. The van der Waals surface area contributed by atoms with Crippen LogP contribution in [-0.2, 0) is 6.54 Å². The molecule has 0 radical (unpaired) electrons. The van der Waals surface area contributed by atoms with E-state index in [1.54, 1.807) is 29.0 Å². The van der Waals surface area contributed by atoms with Crippen LogP contribution in [-0.4, -0.2) is 36.9 Å². The van der Waals surface area contributed by atoms with Gasteiger partial charge in [0.15, 0.2) is 16.8 Å². The number of carbonyl (C=O) groups excluding carboxylic acids is 2. The van der Waals surface area contributed by atoms with Crippen molar-refractivity contribution in [3.63, 3.8) is 0 Å². The monoisotopic (exact) mass is 471 g/mol. The molecule has 0 bridgehead atoms. The number of rotatable bonds is 9. The lowest BCUT2D eigenvalue weighted by molar-refractivity contribution is 0.0999. The number of hydrogen-bond donors (Lipinski definition) is 1. The van der Waals surface area contributed by atoms with Crippen molar-refractivity contribution in [3.8, 4) is 11.4 Å². The lowest BCUT2D eigenvalue weighted by Crippen LogP contribution is -2.25. The van der Waals surface area contributed by atoms with Gasteiger partial charge >= 0.3 is 0 Å². The number of benzene rings is 2. The molecule has 1 amide bonds. The second-order valence-electron chi connectivity index (χ2n) is 7.71. The van der Waals surface area contributed by atoms with Crippen LogP contribution >= 0.6 is 11.8 Å². The van der Waals surface area contributed by atoms with Gasteiger partial charge in [-0.15, -0.1) is 16.8 Å². The van der Waals surface area contributed by atoms with Crippen LogP contribution in [0.4, 0.5) is 0 Å². The fourth-order valence-corrected chi connectivity index (χ4v) is 4.50. The number of aromatic nitrogens is 4. The van der Waals surface area contributed by atoms with Crippen molar-refractivity contribution >= 4 is 23.5 Å². The summed E-state index contributed by atoms with van der Waals surface area (Å²) in [6, 6.07) is 20.6. The third-order valence-corrected chi connectivity index (χ3v) is 6.34. The molecule has 0 atom stereocenters. The number of aryl methyl sites for hydroxylation is 1. The third-order valence-electron chi connectivity index (χ3n) is 5.37. The molecule has 0 fully saturated rings. The molecule has 0 saturated heterocycles. The zero-order valence-electron chi connectivity index (χ0n) is 19.1. The number of ketones is 1. The summed E-state index contributed by atoms with van der Waals surface area (Å²) in [7, 11) is 0. The molecule has 2 heterocycles. The summed E-state index contributed by atoms with van der Waals surface area (Å²) in [4.78, 5) is 25.7. The first-order valence-corrected chi connectivity index (χ1v) is 11.8. The van der Waals surface area contributed by atoms with Gasteiger partial charge in [-0.1, -0.05) is 66.4 Å². The summed E-state index contributed by atoms with van der Waals surface area (Å²) in [5.74, 6) is 0.646. The highest BCUT2D eigenvalue weighted by Crippen LogP contribution is 2.25. The second-order valence-corrected chi connectivity index (χ2v) is 8.65. The first-order valence-electron chi connectivity index (χ1n) is 10.8. The number of hydrogen-bond acceptors (Lipinski definition) is 5. The van der Waals surface area contributed by atoms with E-state index in [0.29, 0.717) is 28.5 Å². The maximum Gasteiger partial charge on any atom is 0.270 e. The van der Waals surface area contributed by atoms with Crippen LogP contribution in [0.1, 0.15) is 32.1 Å². The van der Waals surface area contributed by atoms with Crippen molar-refractivity contribution in [2.45, 2.75) is 25.5 Å². The molecule has 2 aromatic carbocycles. The van der Waals surface area contributed by atoms with Gasteiger partial charge < -0.3 is 0 Å². The third kappa shape index (κ3) is 4.87. The van der Waals surface area contributed by atoms with Crippen LogP contribution < -0.4 is 5.43 Å². The minimum Gasteiger partial charge on any atom is -0.298 e. The predicted octanol–water partition coefficient (Wildman–Crippen LogP) is 4.91. The molecule has 0 saturated carbocycles. The Balaban J connectivity index is 1.50. The van der Waals surface area contributed by atoms with E-state index in [9.17, 15) is 9.59 Å². The van der Waals surface area contributed by atoms with E-state index in [1.807, 2.05) is 66.9 Å². The summed E-state index contributed by atoms with van der Waals surface area (Å²) in [6.07, 6.45) is 1.78. The molecule has 8 heteroatoms. The van der Waals surface area contributed by atoms with E-state index in [0.717, 1.165) is 17.1 Å². The van der Waals surface area contributed by atoms with Gasteiger partial charge in [-0.3, -0.25) is 24.3 Å². The van der Waals surface area contributed by atoms with Crippen molar-refractivity contribution in [2.24, 2.45) is 0 Å². The first-order chi connectivity index (χ1) is 16.5. The smallest absolute Gasteiger partial charge is 0.270 e. The SMILES string of the molecule is C=CCn1c(SCC(=O)c2cc(C)n(NC(=O)c3ccccc3)c2C)nnc1-c1ccccc1. The molecule has 0 aliphatic rings. The number of nitrogens with zero attached hydrogens (tertiary/aromatic N) is 4. The maximum absolute atomic E-state index is 13.1. The Labute approximate surface area is 202 Å². The number of carbonyl (C=O) groups is 2. The molecular weight excluding hydrogens is 446 g/mol. The molecule has 4 rings (SSSR count). The second kappa shape index (κ2) is 10.4.